The third kappa shape index (κ3) is 2.63. The molecule has 2 aromatic rings. The van der Waals surface area contributed by atoms with Crippen molar-refractivity contribution in [2.24, 2.45) is 0 Å². The van der Waals surface area contributed by atoms with Crippen molar-refractivity contribution in [1.82, 2.24) is 4.98 Å². The normalized spacial score (nSPS) is 10.2. The SMILES string of the molecule is COc1cc(C)ccc1Oc1nc(Cl)c(C=O)s1. The van der Waals surface area contributed by atoms with Crippen LogP contribution in [0.5, 0.6) is 16.7 Å². The van der Waals surface area contributed by atoms with Gasteiger partial charge in [0.1, 0.15) is 4.88 Å². The number of nitrogens with zero attached hydrogens (tertiary/aromatic N) is 1. The number of hydrogen-bond acceptors (Lipinski definition) is 5. The number of carbonyl (C=O) groups is 1. The second-order valence-corrected chi connectivity index (χ2v) is 4.86. The molecule has 94 valence electrons. The Morgan fingerprint density at radius 1 is 1.39 bits per heavy atom. The van der Waals surface area contributed by atoms with E-state index in [0.29, 0.717) is 27.9 Å². The summed E-state index contributed by atoms with van der Waals surface area (Å²) in [5, 5.41) is 0.459. The van der Waals surface area contributed by atoms with Crippen molar-refractivity contribution in [3.8, 4) is 16.7 Å². The second-order valence-electron chi connectivity index (χ2n) is 3.51. The molecule has 6 heteroatoms. The van der Waals surface area contributed by atoms with E-state index in [1.54, 1.807) is 13.2 Å². The van der Waals surface area contributed by atoms with Gasteiger partial charge in [-0.2, -0.15) is 4.98 Å². The standard InChI is InChI=1S/C12H10ClNO3S/c1-7-3-4-8(9(5-7)16-2)17-12-14-11(13)10(6-15)18-12/h3-6H,1-2H3. The predicted molar refractivity (Wildman–Crippen MR) is 70.3 cm³/mol. The van der Waals surface area contributed by atoms with Gasteiger partial charge in [0.05, 0.1) is 7.11 Å². The summed E-state index contributed by atoms with van der Waals surface area (Å²) in [5.41, 5.74) is 1.06. The van der Waals surface area contributed by atoms with Crippen LogP contribution >= 0.6 is 22.9 Å². The first-order chi connectivity index (χ1) is 8.63. The van der Waals surface area contributed by atoms with Crippen molar-refractivity contribution in [3.05, 3.63) is 33.8 Å². The number of aldehydes is 1. The van der Waals surface area contributed by atoms with Crippen molar-refractivity contribution in [1.29, 1.82) is 0 Å². The molecule has 18 heavy (non-hydrogen) atoms. The number of rotatable bonds is 4. The molecule has 1 aromatic heterocycles. The lowest BCUT2D eigenvalue weighted by molar-refractivity contribution is 0.112. The van der Waals surface area contributed by atoms with Crippen molar-refractivity contribution in [3.63, 3.8) is 0 Å². The van der Waals surface area contributed by atoms with Crippen LogP contribution in [0.3, 0.4) is 0 Å². The van der Waals surface area contributed by atoms with Gasteiger partial charge in [0.25, 0.3) is 5.19 Å². The van der Waals surface area contributed by atoms with Gasteiger partial charge in [-0.25, -0.2) is 0 Å². The number of ether oxygens (including phenoxy) is 2. The van der Waals surface area contributed by atoms with Crippen LogP contribution in [0.25, 0.3) is 0 Å². The summed E-state index contributed by atoms with van der Waals surface area (Å²) >= 11 is 6.86. The molecular weight excluding hydrogens is 274 g/mol. The molecule has 0 aliphatic rings. The second kappa shape index (κ2) is 5.37. The fourth-order valence-electron chi connectivity index (χ4n) is 1.36. The zero-order chi connectivity index (χ0) is 13.1. The summed E-state index contributed by atoms with van der Waals surface area (Å²) in [7, 11) is 1.56. The highest BCUT2D eigenvalue weighted by atomic mass is 35.5. The molecule has 0 atom stereocenters. The summed E-state index contributed by atoms with van der Waals surface area (Å²) in [6.45, 7) is 1.96. The maximum Gasteiger partial charge on any atom is 0.281 e. The zero-order valence-corrected chi connectivity index (χ0v) is 11.3. The summed E-state index contributed by atoms with van der Waals surface area (Å²) in [4.78, 5) is 15.0. The van der Waals surface area contributed by atoms with Gasteiger partial charge < -0.3 is 9.47 Å². The topological polar surface area (TPSA) is 48.4 Å². The molecule has 0 radical (unpaired) electrons. The Hall–Kier alpha value is -1.59. The molecule has 4 nitrogen and oxygen atoms in total. The van der Waals surface area contributed by atoms with Gasteiger partial charge in [-0.15, -0.1) is 0 Å². The molecule has 0 N–H and O–H groups in total. The van der Waals surface area contributed by atoms with Crippen molar-refractivity contribution in [2.75, 3.05) is 7.11 Å². The molecule has 0 bridgehead atoms. The third-order valence-corrected chi connectivity index (χ3v) is 3.47. The monoisotopic (exact) mass is 283 g/mol. The molecule has 0 aliphatic carbocycles. The molecular formula is C12H10ClNO3S. The van der Waals surface area contributed by atoms with Gasteiger partial charge >= 0.3 is 0 Å². The average molecular weight is 284 g/mol. The number of halogens is 1. The Bertz CT molecular complexity index is 583. The van der Waals surface area contributed by atoms with E-state index in [4.69, 9.17) is 21.1 Å². The number of benzene rings is 1. The molecule has 0 aliphatic heterocycles. The van der Waals surface area contributed by atoms with E-state index in [-0.39, 0.29) is 5.15 Å². The molecule has 1 aromatic carbocycles. The highest BCUT2D eigenvalue weighted by molar-refractivity contribution is 7.15. The van der Waals surface area contributed by atoms with Crippen LogP contribution < -0.4 is 9.47 Å². The minimum atomic E-state index is 0.149. The van der Waals surface area contributed by atoms with Crippen LogP contribution in [-0.2, 0) is 0 Å². The van der Waals surface area contributed by atoms with E-state index in [9.17, 15) is 4.79 Å². The summed E-state index contributed by atoms with van der Waals surface area (Å²) in [5.74, 6) is 1.14. The molecule has 0 amide bonds. The van der Waals surface area contributed by atoms with Crippen LogP contribution in [0.15, 0.2) is 18.2 Å². The number of carbonyl (C=O) groups excluding carboxylic acids is 1. The van der Waals surface area contributed by atoms with E-state index >= 15 is 0 Å². The van der Waals surface area contributed by atoms with Crippen molar-refractivity contribution >= 4 is 29.2 Å². The first-order valence-electron chi connectivity index (χ1n) is 5.08. The van der Waals surface area contributed by atoms with E-state index in [0.717, 1.165) is 16.9 Å². The largest absolute Gasteiger partial charge is 0.493 e. The van der Waals surface area contributed by atoms with E-state index in [1.165, 1.54) is 0 Å². The smallest absolute Gasteiger partial charge is 0.281 e. The van der Waals surface area contributed by atoms with Crippen molar-refractivity contribution in [2.45, 2.75) is 6.92 Å². The molecule has 0 fully saturated rings. The first kappa shape index (κ1) is 12.9. The molecule has 2 rings (SSSR count). The zero-order valence-electron chi connectivity index (χ0n) is 9.77. The summed E-state index contributed by atoms with van der Waals surface area (Å²) in [6.07, 6.45) is 0.652. The third-order valence-electron chi connectivity index (χ3n) is 2.21. The maximum absolute atomic E-state index is 10.7. The maximum atomic E-state index is 10.7. The van der Waals surface area contributed by atoms with Crippen LogP contribution in [0.1, 0.15) is 15.2 Å². The number of hydrogen-bond donors (Lipinski definition) is 0. The van der Waals surface area contributed by atoms with Crippen LogP contribution in [0.4, 0.5) is 0 Å². The molecule has 0 saturated carbocycles. The van der Waals surface area contributed by atoms with E-state index in [1.807, 2.05) is 19.1 Å². The van der Waals surface area contributed by atoms with E-state index in [2.05, 4.69) is 4.98 Å². The molecule has 1 heterocycles. The number of aromatic nitrogens is 1. The lowest BCUT2D eigenvalue weighted by Gasteiger charge is -2.08. The number of methoxy groups -OCH3 is 1. The Balaban J connectivity index is 2.30. The fraction of sp³-hybridized carbons (Fsp3) is 0.167. The van der Waals surface area contributed by atoms with Gasteiger partial charge in [0.15, 0.2) is 22.9 Å². The van der Waals surface area contributed by atoms with Crippen LogP contribution in [0, 0.1) is 6.92 Å². The first-order valence-corrected chi connectivity index (χ1v) is 6.27. The Kier molecular flexibility index (Phi) is 3.84. The Morgan fingerprint density at radius 3 is 2.78 bits per heavy atom. The van der Waals surface area contributed by atoms with E-state index < -0.39 is 0 Å². The van der Waals surface area contributed by atoms with Gasteiger partial charge in [0, 0.05) is 0 Å². The minimum Gasteiger partial charge on any atom is -0.493 e. The lowest BCUT2D eigenvalue weighted by atomic mass is 10.2. The highest BCUT2D eigenvalue weighted by Gasteiger charge is 2.12. The van der Waals surface area contributed by atoms with Crippen LogP contribution in [-0.4, -0.2) is 18.4 Å². The van der Waals surface area contributed by atoms with Gasteiger partial charge in [-0.05, 0) is 24.6 Å². The minimum absolute atomic E-state index is 0.149. The number of thiazole rings is 1. The fourth-order valence-corrected chi connectivity index (χ4v) is 2.29. The molecule has 0 spiro atoms. The highest BCUT2D eigenvalue weighted by Crippen LogP contribution is 2.35. The predicted octanol–water partition coefficient (Wildman–Crippen LogP) is 3.72. The van der Waals surface area contributed by atoms with Crippen LogP contribution in [0.2, 0.25) is 5.15 Å². The lowest BCUT2D eigenvalue weighted by Crippen LogP contribution is -1.90. The molecule has 0 saturated heterocycles. The Morgan fingerprint density at radius 2 is 2.17 bits per heavy atom. The number of aryl methyl sites for hydroxylation is 1. The van der Waals surface area contributed by atoms with Crippen molar-refractivity contribution < 1.29 is 14.3 Å². The average Bonchev–Trinajstić information content (AvgIpc) is 2.71. The van der Waals surface area contributed by atoms with Gasteiger partial charge in [0.2, 0.25) is 0 Å². The quantitative estimate of drug-likeness (QED) is 0.803. The summed E-state index contributed by atoms with van der Waals surface area (Å²) in [6, 6.07) is 5.53. The summed E-state index contributed by atoms with van der Waals surface area (Å²) < 4.78 is 10.8. The van der Waals surface area contributed by atoms with Gasteiger partial charge in [-0.3, -0.25) is 4.79 Å². The van der Waals surface area contributed by atoms with Gasteiger partial charge in [-0.1, -0.05) is 29.0 Å². The molecule has 0 unspecified atom stereocenters. The Labute approximate surface area is 113 Å².